The predicted molar refractivity (Wildman–Crippen MR) is 136 cm³/mol. The Kier molecular flexibility index (Phi) is 8.44. The Balaban J connectivity index is 1.69. The van der Waals surface area contributed by atoms with Crippen LogP contribution in [0.2, 0.25) is 5.15 Å². The minimum Gasteiger partial charge on any atom is -0.369 e. The van der Waals surface area contributed by atoms with E-state index in [4.69, 9.17) is 11.6 Å². The second-order valence-corrected chi connectivity index (χ2v) is 12.6. The lowest BCUT2D eigenvalue weighted by Gasteiger charge is -2.47. The van der Waals surface area contributed by atoms with Gasteiger partial charge in [-0.25, -0.2) is 23.4 Å². The van der Waals surface area contributed by atoms with E-state index in [1.165, 1.54) is 17.0 Å². The number of aromatic nitrogens is 3. The summed E-state index contributed by atoms with van der Waals surface area (Å²) in [7, 11) is -4.09. The number of sulfonamides is 1. The van der Waals surface area contributed by atoms with Gasteiger partial charge in [0.2, 0.25) is 21.9 Å². The predicted octanol–water partition coefficient (Wildman–Crippen LogP) is 1.93. The highest BCUT2D eigenvalue weighted by atomic mass is 35.5. The average Bonchev–Trinajstić information content (AvgIpc) is 2.90. The van der Waals surface area contributed by atoms with E-state index in [0.29, 0.717) is 13.1 Å². The van der Waals surface area contributed by atoms with Crippen LogP contribution in [-0.4, -0.2) is 107 Å². The molecule has 0 unspecified atom stereocenters. The normalized spacial score (nSPS) is 21.3. The van der Waals surface area contributed by atoms with Crippen LogP contribution in [0.15, 0.2) is 35.6 Å². The van der Waals surface area contributed by atoms with Crippen molar-refractivity contribution in [3.63, 3.8) is 0 Å². The second kappa shape index (κ2) is 11.0. The number of halogens is 7. The maximum absolute atomic E-state index is 13.4. The van der Waals surface area contributed by atoms with Gasteiger partial charge in [0, 0.05) is 63.4 Å². The minimum absolute atomic E-state index is 0.0610. The van der Waals surface area contributed by atoms with Crippen LogP contribution in [0, 0.1) is 0 Å². The summed E-state index contributed by atoms with van der Waals surface area (Å²) in [4.78, 5) is 26.8. The fraction of sp³-hybridized carbons (Fsp3) is 0.565. The molecular formula is C23H26ClF6N7O4S. The molecule has 0 spiro atoms. The number of nitrogens with zero attached hydrogens (tertiary/aromatic N) is 6. The smallest absolute Gasteiger partial charge is 0.369 e. The molecule has 1 atom stereocenters. The minimum atomic E-state index is -6.12. The van der Waals surface area contributed by atoms with Crippen LogP contribution in [0.4, 0.5) is 32.3 Å². The van der Waals surface area contributed by atoms with Gasteiger partial charge in [-0.1, -0.05) is 11.6 Å². The number of hydrogen-bond acceptors (Lipinski definition) is 9. The Morgan fingerprint density at radius 3 is 2.19 bits per heavy atom. The van der Waals surface area contributed by atoms with Crippen LogP contribution < -0.4 is 10.2 Å². The van der Waals surface area contributed by atoms with E-state index in [-0.39, 0.29) is 60.5 Å². The van der Waals surface area contributed by atoms with Crippen molar-refractivity contribution in [2.75, 3.05) is 44.2 Å². The average molecular weight is 646 g/mol. The number of carbonyl (C=O) groups is 1. The van der Waals surface area contributed by atoms with Gasteiger partial charge in [-0.3, -0.25) is 9.69 Å². The third-order valence-electron chi connectivity index (χ3n) is 7.36. The number of aliphatic hydroxyl groups is 1. The lowest BCUT2D eigenvalue weighted by molar-refractivity contribution is -0.376. The first-order valence-corrected chi connectivity index (χ1v) is 14.2. The Morgan fingerprint density at radius 2 is 1.64 bits per heavy atom. The number of amides is 1. The number of hydrogen-bond donors (Lipinski definition) is 2. The van der Waals surface area contributed by atoms with Gasteiger partial charge in [-0.2, -0.15) is 30.6 Å². The molecule has 2 aromatic rings. The van der Waals surface area contributed by atoms with Crippen LogP contribution in [0.3, 0.4) is 0 Å². The number of rotatable bonds is 6. The van der Waals surface area contributed by atoms with Crippen molar-refractivity contribution in [2.45, 2.75) is 48.3 Å². The van der Waals surface area contributed by atoms with Crippen LogP contribution in [-0.2, 0) is 20.4 Å². The molecule has 0 aromatic carbocycles. The zero-order valence-electron chi connectivity index (χ0n) is 22.1. The van der Waals surface area contributed by atoms with Crippen molar-refractivity contribution in [2.24, 2.45) is 0 Å². The van der Waals surface area contributed by atoms with Gasteiger partial charge in [0.25, 0.3) is 5.60 Å². The summed E-state index contributed by atoms with van der Waals surface area (Å²) in [5.74, 6) is -0.577. The standard InChI is InChI=1S/C23H26ClF6N7O4S/c1-20(2)18(38)31-5-6-35(20)12-15-13-36(42(40,41)16-3-4-17(24)32-11-16)7-8-37(15)19-33-9-14(10-34-19)21(39,22(25,26)27)23(28,29)30/h3-4,9-11,15,39H,5-8,12-13H2,1-2H3,(H,31,38)/t15-/m0/s1. The first kappa shape index (κ1) is 32.1. The summed E-state index contributed by atoms with van der Waals surface area (Å²) in [6.07, 6.45) is -10.7. The summed E-state index contributed by atoms with van der Waals surface area (Å²) in [5.41, 5.74) is -7.86. The molecule has 4 heterocycles. The van der Waals surface area contributed by atoms with E-state index >= 15 is 0 Å². The van der Waals surface area contributed by atoms with Crippen molar-refractivity contribution in [3.8, 4) is 0 Å². The Morgan fingerprint density at radius 1 is 1.02 bits per heavy atom. The molecule has 1 amide bonds. The largest absolute Gasteiger partial charge is 0.430 e. The summed E-state index contributed by atoms with van der Waals surface area (Å²) in [6, 6.07) is 1.78. The summed E-state index contributed by atoms with van der Waals surface area (Å²) >= 11 is 5.78. The van der Waals surface area contributed by atoms with Crippen molar-refractivity contribution in [1.29, 1.82) is 0 Å². The highest BCUT2D eigenvalue weighted by Crippen LogP contribution is 2.49. The first-order valence-electron chi connectivity index (χ1n) is 12.4. The molecule has 232 valence electrons. The highest BCUT2D eigenvalue weighted by Gasteiger charge is 2.71. The SMILES string of the molecule is CC1(C)C(=O)NCCN1C[C@H]1CN(S(=O)(=O)c2ccc(Cl)nc2)CCN1c1ncc(C(O)(C(F)(F)F)C(F)(F)F)cn1. The molecule has 2 saturated heterocycles. The van der Waals surface area contributed by atoms with E-state index in [9.17, 15) is 44.7 Å². The van der Waals surface area contributed by atoms with Crippen molar-refractivity contribution >= 4 is 33.5 Å². The van der Waals surface area contributed by atoms with Crippen LogP contribution in [0.1, 0.15) is 19.4 Å². The van der Waals surface area contributed by atoms with E-state index in [1.54, 1.807) is 18.7 Å². The molecule has 0 bridgehead atoms. The number of pyridine rings is 1. The lowest BCUT2D eigenvalue weighted by atomic mass is 9.95. The van der Waals surface area contributed by atoms with Gasteiger partial charge in [-0.15, -0.1) is 0 Å². The molecule has 11 nitrogen and oxygen atoms in total. The van der Waals surface area contributed by atoms with Crippen LogP contribution in [0.5, 0.6) is 0 Å². The highest BCUT2D eigenvalue weighted by molar-refractivity contribution is 7.89. The van der Waals surface area contributed by atoms with Gasteiger partial charge in [-0.05, 0) is 26.0 Å². The summed E-state index contributed by atoms with van der Waals surface area (Å²) < 4.78 is 108. The maximum atomic E-state index is 13.4. The zero-order chi connectivity index (χ0) is 31.3. The number of anilines is 1. The molecule has 19 heteroatoms. The second-order valence-electron chi connectivity index (χ2n) is 10.3. The fourth-order valence-electron chi connectivity index (χ4n) is 4.79. The Labute approximate surface area is 241 Å². The number of nitrogens with one attached hydrogen (secondary N) is 1. The quantitative estimate of drug-likeness (QED) is 0.357. The molecule has 42 heavy (non-hydrogen) atoms. The molecular weight excluding hydrogens is 620 g/mol. The topological polar surface area (TPSA) is 132 Å². The van der Waals surface area contributed by atoms with Crippen molar-refractivity contribution < 1.29 is 44.7 Å². The molecule has 0 aliphatic carbocycles. The van der Waals surface area contributed by atoms with Crippen LogP contribution >= 0.6 is 11.6 Å². The van der Waals surface area contributed by atoms with Crippen molar-refractivity contribution in [3.05, 3.63) is 41.4 Å². The monoisotopic (exact) mass is 645 g/mol. The molecule has 2 aliphatic rings. The maximum Gasteiger partial charge on any atom is 0.430 e. The molecule has 2 N–H and O–H groups in total. The third-order valence-corrected chi connectivity index (χ3v) is 9.43. The fourth-order valence-corrected chi connectivity index (χ4v) is 6.32. The number of piperazine rings is 2. The number of alkyl halides is 6. The lowest BCUT2D eigenvalue weighted by Crippen LogP contribution is -2.66. The zero-order valence-corrected chi connectivity index (χ0v) is 23.7. The molecule has 2 aromatic heterocycles. The van der Waals surface area contributed by atoms with Gasteiger partial charge in [0.1, 0.15) is 10.0 Å². The summed E-state index contributed by atoms with van der Waals surface area (Å²) in [5, 5.41) is 12.5. The molecule has 2 fully saturated rings. The van der Waals surface area contributed by atoms with Gasteiger partial charge >= 0.3 is 12.4 Å². The Bertz CT molecular complexity index is 1390. The van der Waals surface area contributed by atoms with E-state index < -0.39 is 45.1 Å². The summed E-state index contributed by atoms with van der Waals surface area (Å²) in [6.45, 7) is 3.60. The van der Waals surface area contributed by atoms with E-state index in [1.807, 2.05) is 0 Å². The third kappa shape index (κ3) is 5.73. The molecule has 0 radical (unpaired) electrons. The van der Waals surface area contributed by atoms with Gasteiger partial charge < -0.3 is 15.3 Å². The van der Waals surface area contributed by atoms with E-state index in [0.717, 1.165) is 10.5 Å². The molecule has 4 rings (SSSR count). The first-order chi connectivity index (χ1) is 19.3. The molecule has 2 aliphatic heterocycles. The van der Waals surface area contributed by atoms with Crippen molar-refractivity contribution in [1.82, 2.24) is 29.5 Å². The van der Waals surface area contributed by atoms with Gasteiger partial charge in [0.05, 0.1) is 11.6 Å². The van der Waals surface area contributed by atoms with Gasteiger partial charge in [0.15, 0.2) is 0 Å². The molecule has 0 saturated carbocycles. The van der Waals surface area contributed by atoms with E-state index in [2.05, 4.69) is 20.3 Å². The Hall–Kier alpha value is -2.80. The van der Waals surface area contributed by atoms with Crippen LogP contribution in [0.25, 0.3) is 0 Å². The number of carbonyl (C=O) groups excluding carboxylic acids is 1.